The van der Waals surface area contributed by atoms with Crippen molar-refractivity contribution in [1.29, 1.82) is 0 Å². The highest BCUT2D eigenvalue weighted by Crippen LogP contribution is 2.46. The van der Waals surface area contributed by atoms with Gasteiger partial charge in [-0.05, 0) is 23.8 Å². The zero-order chi connectivity index (χ0) is 17.1. The van der Waals surface area contributed by atoms with Gasteiger partial charge in [-0.2, -0.15) is 0 Å². The molecule has 0 heterocycles. The van der Waals surface area contributed by atoms with Gasteiger partial charge in [-0.15, -0.1) is 0 Å². The van der Waals surface area contributed by atoms with Gasteiger partial charge in [-0.1, -0.05) is 58.0 Å². The van der Waals surface area contributed by atoms with Crippen LogP contribution < -0.4 is 0 Å². The van der Waals surface area contributed by atoms with E-state index in [0.29, 0.717) is 5.56 Å². The Kier molecular flexibility index (Phi) is 5.35. The van der Waals surface area contributed by atoms with Crippen LogP contribution in [0.2, 0.25) is 0 Å². The van der Waals surface area contributed by atoms with Crippen molar-refractivity contribution in [2.75, 3.05) is 0 Å². The number of benzene rings is 1. The molecule has 0 saturated carbocycles. The molecule has 0 aliphatic heterocycles. The number of hydrogen-bond donors (Lipinski definition) is 3. The zero-order valence-corrected chi connectivity index (χ0v) is 13.4. The van der Waals surface area contributed by atoms with Crippen LogP contribution in [0.1, 0.15) is 33.3 Å². The minimum atomic E-state index is -2.37. The van der Waals surface area contributed by atoms with Gasteiger partial charge in [0.05, 0.1) is 0 Å². The summed E-state index contributed by atoms with van der Waals surface area (Å²) in [6, 6.07) is 8.80. The van der Waals surface area contributed by atoms with Crippen molar-refractivity contribution >= 4 is 11.9 Å². The molecule has 3 N–H and O–H groups in total. The van der Waals surface area contributed by atoms with Crippen molar-refractivity contribution in [3.63, 3.8) is 0 Å². The predicted molar refractivity (Wildman–Crippen MR) is 82.5 cm³/mol. The first kappa shape index (κ1) is 18.2. The quantitative estimate of drug-likeness (QED) is 0.719. The minimum absolute atomic E-state index is 0.0537. The molecule has 2 atom stereocenters. The van der Waals surface area contributed by atoms with Gasteiger partial charge in [0.15, 0.2) is 5.60 Å². The SMILES string of the molecule is CC(C)[C@](O)(C(=O)O)[C@@](Cc1ccccc1)(C(=O)O)C(C)C. The Bertz CT molecular complexity index is 537. The molecule has 0 spiro atoms. The van der Waals surface area contributed by atoms with E-state index in [2.05, 4.69) is 0 Å². The number of hydrogen-bond acceptors (Lipinski definition) is 3. The van der Waals surface area contributed by atoms with Gasteiger partial charge >= 0.3 is 11.9 Å². The van der Waals surface area contributed by atoms with Gasteiger partial charge in [0.25, 0.3) is 0 Å². The summed E-state index contributed by atoms with van der Waals surface area (Å²) >= 11 is 0. The maximum atomic E-state index is 12.1. The molecule has 1 rings (SSSR count). The first-order chi connectivity index (χ1) is 10.1. The second kappa shape index (κ2) is 6.48. The largest absolute Gasteiger partial charge is 0.481 e. The van der Waals surface area contributed by atoms with E-state index in [9.17, 15) is 24.9 Å². The van der Waals surface area contributed by atoms with E-state index in [1.54, 1.807) is 44.2 Å². The predicted octanol–water partition coefficient (Wildman–Crippen LogP) is 2.43. The van der Waals surface area contributed by atoms with E-state index >= 15 is 0 Å². The first-order valence-electron chi connectivity index (χ1n) is 7.33. The lowest BCUT2D eigenvalue weighted by atomic mass is 9.58. The molecule has 122 valence electrons. The van der Waals surface area contributed by atoms with Gasteiger partial charge in [-0.25, -0.2) is 4.79 Å². The average molecular weight is 308 g/mol. The van der Waals surface area contributed by atoms with E-state index < -0.39 is 34.8 Å². The summed E-state index contributed by atoms with van der Waals surface area (Å²) in [4.78, 5) is 23.9. The molecule has 1 aromatic rings. The molecule has 0 fully saturated rings. The lowest BCUT2D eigenvalue weighted by Gasteiger charge is -2.46. The fraction of sp³-hybridized carbons (Fsp3) is 0.529. The number of aliphatic carboxylic acids is 2. The van der Waals surface area contributed by atoms with E-state index in [1.165, 1.54) is 13.8 Å². The second-order valence-corrected chi connectivity index (χ2v) is 6.32. The van der Waals surface area contributed by atoms with Crippen molar-refractivity contribution in [1.82, 2.24) is 0 Å². The van der Waals surface area contributed by atoms with E-state index in [0.717, 1.165) is 0 Å². The topological polar surface area (TPSA) is 94.8 Å². The van der Waals surface area contributed by atoms with Gasteiger partial charge < -0.3 is 15.3 Å². The van der Waals surface area contributed by atoms with Crippen molar-refractivity contribution < 1.29 is 24.9 Å². The smallest absolute Gasteiger partial charge is 0.337 e. The standard InChI is InChI=1S/C17H24O5/c1-11(2)16(14(18)19,10-13-8-6-5-7-9-13)17(22,12(3)4)15(20)21/h5-9,11-12,22H,10H2,1-4H3,(H,18,19)(H,20,21)/t16-,17+/m1/s1. The van der Waals surface area contributed by atoms with Crippen molar-refractivity contribution in [2.45, 2.75) is 39.7 Å². The normalized spacial score (nSPS) is 17.0. The third-order valence-electron chi connectivity index (χ3n) is 4.53. The van der Waals surface area contributed by atoms with E-state index in [-0.39, 0.29) is 6.42 Å². The molecule has 5 heteroatoms. The lowest BCUT2D eigenvalue weighted by molar-refractivity contribution is -0.204. The summed E-state index contributed by atoms with van der Waals surface area (Å²) in [5, 5.41) is 30.4. The van der Waals surface area contributed by atoms with Gasteiger partial charge in [0, 0.05) is 0 Å². The van der Waals surface area contributed by atoms with Crippen LogP contribution in [0.5, 0.6) is 0 Å². The van der Waals surface area contributed by atoms with Crippen LogP contribution in [0.4, 0.5) is 0 Å². The fourth-order valence-corrected chi connectivity index (χ4v) is 3.14. The molecule has 0 bridgehead atoms. The summed E-state index contributed by atoms with van der Waals surface area (Å²) in [6.45, 7) is 6.32. The Labute approximate surface area is 130 Å². The van der Waals surface area contributed by atoms with Crippen LogP contribution >= 0.6 is 0 Å². The third-order valence-corrected chi connectivity index (χ3v) is 4.53. The molecule has 0 aliphatic carbocycles. The maximum Gasteiger partial charge on any atom is 0.337 e. The Morgan fingerprint density at radius 1 is 0.955 bits per heavy atom. The Morgan fingerprint density at radius 3 is 1.77 bits per heavy atom. The first-order valence-corrected chi connectivity index (χ1v) is 7.33. The van der Waals surface area contributed by atoms with E-state index in [4.69, 9.17) is 0 Å². The lowest BCUT2D eigenvalue weighted by Crippen LogP contribution is -2.64. The molecular formula is C17H24O5. The molecule has 0 unspecified atom stereocenters. The van der Waals surface area contributed by atoms with Gasteiger partial charge in [-0.3, -0.25) is 4.79 Å². The Hall–Kier alpha value is -1.88. The van der Waals surface area contributed by atoms with Crippen molar-refractivity contribution in [3.05, 3.63) is 35.9 Å². The van der Waals surface area contributed by atoms with Crippen LogP contribution in [-0.4, -0.2) is 32.9 Å². The average Bonchev–Trinajstić information content (AvgIpc) is 2.43. The molecule has 0 amide bonds. The van der Waals surface area contributed by atoms with Crippen LogP contribution in [-0.2, 0) is 16.0 Å². The number of rotatable bonds is 7. The molecule has 0 aromatic heterocycles. The third kappa shape index (κ3) is 2.73. The van der Waals surface area contributed by atoms with E-state index in [1.807, 2.05) is 0 Å². The summed E-state index contributed by atoms with van der Waals surface area (Å²) < 4.78 is 0. The Morgan fingerprint density at radius 2 is 1.45 bits per heavy atom. The highest BCUT2D eigenvalue weighted by atomic mass is 16.4. The fourth-order valence-electron chi connectivity index (χ4n) is 3.14. The zero-order valence-electron chi connectivity index (χ0n) is 13.4. The van der Waals surface area contributed by atoms with Crippen molar-refractivity contribution in [2.24, 2.45) is 17.3 Å². The summed E-state index contributed by atoms with van der Waals surface area (Å²) in [7, 11) is 0. The van der Waals surface area contributed by atoms with Gasteiger partial charge in [0.2, 0.25) is 0 Å². The number of carboxylic acid groups (broad SMARTS) is 2. The number of carbonyl (C=O) groups is 2. The Balaban J connectivity index is 3.58. The maximum absolute atomic E-state index is 12.1. The van der Waals surface area contributed by atoms with Gasteiger partial charge in [0.1, 0.15) is 5.41 Å². The molecule has 0 radical (unpaired) electrons. The van der Waals surface area contributed by atoms with Crippen molar-refractivity contribution in [3.8, 4) is 0 Å². The molecule has 5 nitrogen and oxygen atoms in total. The highest BCUT2D eigenvalue weighted by Gasteiger charge is 2.63. The number of carboxylic acids is 2. The summed E-state index contributed by atoms with van der Waals surface area (Å²) in [5.41, 5.74) is -3.52. The molecule has 22 heavy (non-hydrogen) atoms. The molecule has 0 saturated heterocycles. The molecule has 1 aromatic carbocycles. The van der Waals surface area contributed by atoms with Crippen LogP contribution in [0.15, 0.2) is 30.3 Å². The van der Waals surface area contributed by atoms with Crippen LogP contribution in [0.25, 0.3) is 0 Å². The summed E-state index contributed by atoms with van der Waals surface area (Å²) in [6.07, 6.45) is -0.0537. The second-order valence-electron chi connectivity index (χ2n) is 6.32. The molecular weight excluding hydrogens is 284 g/mol. The summed E-state index contributed by atoms with van der Waals surface area (Å²) in [5.74, 6) is -4.14. The minimum Gasteiger partial charge on any atom is -0.481 e. The van der Waals surface area contributed by atoms with Crippen LogP contribution in [0, 0.1) is 17.3 Å². The highest BCUT2D eigenvalue weighted by molar-refractivity contribution is 5.89. The monoisotopic (exact) mass is 308 g/mol. The number of aliphatic hydroxyl groups is 1. The van der Waals surface area contributed by atoms with Crippen LogP contribution in [0.3, 0.4) is 0 Å². The molecule has 0 aliphatic rings.